The monoisotopic (exact) mass is 666 g/mol. The van der Waals surface area contributed by atoms with Crippen molar-refractivity contribution in [2.45, 2.75) is 70.6 Å². The van der Waals surface area contributed by atoms with Crippen LogP contribution in [-0.2, 0) is 29.9 Å². The van der Waals surface area contributed by atoms with Crippen LogP contribution in [0, 0.1) is 11.8 Å². The minimum atomic E-state index is -5.67. The molecule has 0 fully saturated rings. The lowest BCUT2D eigenvalue weighted by Gasteiger charge is -2.23. The summed E-state index contributed by atoms with van der Waals surface area (Å²) in [5.74, 6) is -5.25. The first kappa shape index (κ1) is 36.8. The van der Waals surface area contributed by atoms with Gasteiger partial charge >= 0.3 is 24.3 Å². The fourth-order valence-corrected chi connectivity index (χ4v) is 5.34. The number of carboxylic acid groups (broad SMARTS) is 1. The number of nitrogens with zero attached hydrogens (tertiary/aromatic N) is 2. The zero-order valence-corrected chi connectivity index (χ0v) is 24.2. The van der Waals surface area contributed by atoms with E-state index in [-0.39, 0.29) is 0 Å². The molecular weight excluding hydrogens is 642 g/mol. The Morgan fingerprint density at radius 2 is 1.18 bits per heavy atom. The fourth-order valence-electron chi connectivity index (χ4n) is 4.26. The maximum atomic E-state index is 14.2. The number of hydrogen-bond acceptors (Lipinski definition) is 7. The fraction of sp³-hybridized carbons (Fsp3) is 0.500. The summed E-state index contributed by atoms with van der Waals surface area (Å²) in [7, 11) is 0.697. The van der Waals surface area contributed by atoms with Gasteiger partial charge in [0.2, 0.25) is 5.12 Å². The van der Waals surface area contributed by atoms with E-state index < -0.39 is 134 Å². The second-order valence-corrected chi connectivity index (χ2v) is 11.1. The molecule has 0 unspecified atom stereocenters. The number of alkyl halides is 10. The van der Waals surface area contributed by atoms with E-state index in [1.54, 1.807) is 0 Å². The average molecular weight is 667 g/mol. The summed E-state index contributed by atoms with van der Waals surface area (Å²) >= 11 is -0.625. The molecule has 0 aromatic carbocycles. The van der Waals surface area contributed by atoms with E-state index in [4.69, 9.17) is 0 Å². The van der Waals surface area contributed by atoms with Crippen LogP contribution in [0.15, 0.2) is 4.90 Å². The summed E-state index contributed by atoms with van der Waals surface area (Å²) < 4.78 is 145. The third-order valence-corrected chi connectivity index (χ3v) is 6.82. The van der Waals surface area contributed by atoms with Crippen molar-refractivity contribution in [2.75, 3.05) is 7.11 Å². The molecule has 44 heavy (non-hydrogen) atoms. The molecule has 2 heterocycles. The van der Waals surface area contributed by atoms with E-state index in [1.807, 2.05) is 0 Å². The first-order valence-electron chi connectivity index (χ1n) is 12.4. The van der Waals surface area contributed by atoms with Crippen LogP contribution in [0.3, 0.4) is 0 Å². The molecular formula is C26H24F10N2O5S. The van der Waals surface area contributed by atoms with E-state index in [0.717, 1.165) is 0 Å². The van der Waals surface area contributed by atoms with Crippen LogP contribution in [-0.4, -0.2) is 39.2 Å². The van der Waals surface area contributed by atoms with E-state index in [2.05, 4.69) is 14.7 Å². The van der Waals surface area contributed by atoms with Crippen LogP contribution in [0.5, 0.6) is 0 Å². The SMILES string of the molecule is COC(=O)c1c(C(F)F)nc(C(F)(F)F)c(C(=O)Sc2c(C(F)(F)F)nc(C(F)F)c(C(=O)O)c2CC(C)C)c1CC(C)C. The second kappa shape index (κ2) is 13.7. The Labute approximate surface area is 247 Å². The minimum Gasteiger partial charge on any atom is -0.478 e. The predicted molar refractivity (Wildman–Crippen MR) is 134 cm³/mol. The molecule has 0 saturated heterocycles. The number of ether oxygens (including phenoxy) is 1. The first-order valence-corrected chi connectivity index (χ1v) is 13.2. The number of aromatic nitrogens is 2. The van der Waals surface area contributed by atoms with Gasteiger partial charge in [-0.05, 0) is 47.6 Å². The summed E-state index contributed by atoms with van der Waals surface area (Å²) in [5.41, 5.74) is -14.0. The molecule has 0 aliphatic carbocycles. The largest absolute Gasteiger partial charge is 0.478 e. The smallest absolute Gasteiger partial charge is 0.434 e. The Morgan fingerprint density at radius 1 is 0.750 bits per heavy atom. The summed E-state index contributed by atoms with van der Waals surface area (Å²) in [6, 6.07) is 0. The van der Waals surface area contributed by atoms with Crippen LogP contribution in [0.1, 0.15) is 106 Å². The number of pyridine rings is 2. The highest BCUT2D eigenvalue weighted by molar-refractivity contribution is 8.14. The number of carbonyl (C=O) groups is 3. The summed E-state index contributed by atoms with van der Waals surface area (Å²) in [6.07, 6.45) is -20.3. The molecule has 2 aromatic rings. The molecule has 0 amide bonds. The molecule has 0 bridgehead atoms. The van der Waals surface area contributed by atoms with Gasteiger partial charge in [-0.3, -0.25) is 4.79 Å². The van der Waals surface area contributed by atoms with Crippen LogP contribution in [0.2, 0.25) is 0 Å². The normalized spacial score (nSPS) is 12.5. The van der Waals surface area contributed by atoms with Gasteiger partial charge in [0.15, 0.2) is 11.4 Å². The molecule has 0 aliphatic heterocycles. The molecule has 2 rings (SSSR count). The summed E-state index contributed by atoms with van der Waals surface area (Å²) in [5, 5.41) is 7.72. The van der Waals surface area contributed by atoms with Gasteiger partial charge in [0, 0.05) is 0 Å². The van der Waals surface area contributed by atoms with Gasteiger partial charge in [-0.15, -0.1) is 0 Å². The van der Waals surface area contributed by atoms with Crippen molar-refractivity contribution < 1.29 is 68.1 Å². The predicted octanol–water partition coefficient (Wildman–Crippen LogP) is 8.20. The topological polar surface area (TPSA) is 106 Å². The van der Waals surface area contributed by atoms with Crippen molar-refractivity contribution in [1.82, 2.24) is 9.97 Å². The Balaban J connectivity index is 3.17. The van der Waals surface area contributed by atoms with Gasteiger partial charge in [0.05, 0.1) is 28.7 Å². The van der Waals surface area contributed by atoms with Crippen molar-refractivity contribution in [3.63, 3.8) is 0 Å². The van der Waals surface area contributed by atoms with E-state index >= 15 is 0 Å². The first-order chi connectivity index (χ1) is 20.0. The number of methoxy groups -OCH3 is 1. The molecule has 0 saturated carbocycles. The third kappa shape index (κ3) is 7.98. The molecule has 244 valence electrons. The van der Waals surface area contributed by atoms with Gasteiger partial charge in [-0.2, -0.15) is 26.3 Å². The lowest BCUT2D eigenvalue weighted by atomic mass is 9.91. The Hall–Kier alpha value is -3.44. The number of carboxylic acids is 1. The van der Waals surface area contributed by atoms with Crippen molar-refractivity contribution in [3.05, 3.63) is 50.6 Å². The Kier molecular flexibility index (Phi) is 11.4. The van der Waals surface area contributed by atoms with Gasteiger partial charge in [-0.25, -0.2) is 37.1 Å². The third-order valence-electron chi connectivity index (χ3n) is 5.79. The number of halogens is 10. The molecule has 0 spiro atoms. The van der Waals surface area contributed by atoms with Crippen LogP contribution < -0.4 is 0 Å². The summed E-state index contributed by atoms with van der Waals surface area (Å²) in [6.45, 7) is 5.45. The van der Waals surface area contributed by atoms with E-state index in [1.165, 1.54) is 27.7 Å². The number of hydrogen-bond donors (Lipinski definition) is 1. The highest BCUT2D eigenvalue weighted by Gasteiger charge is 2.45. The number of rotatable bonds is 10. The highest BCUT2D eigenvalue weighted by Crippen LogP contribution is 2.45. The molecule has 2 aromatic heterocycles. The number of thioether (sulfide) groups is 1. The van der Waals surface area contributed by atoms with Gasteiger partial charge in [0.1, 0.15) is 11.4 Å². The van der Waals surface area contributed by atoms with Crippen LogP contribution >= 0.6 is 11.8 Å². The van der Waals surface area contributed by atoms with Gasteiger partial charge in [-0.1, -0.05) is 27.7 Å². The maximum absolute atomic E-state index is 14.2. The highest BCUT2D eigenvalue weighted by atomic mass is 32.2. The number of esters is 1. The van der Waals surface area contributed by atoms with Gasteiger partial charge < -0.3 is 9.84 Å². The molecule has 1 N–H and O–H groups in total. The van der Waals surface area contributed by atoms with E-state index in [9.17, 15) is 63.4 Å². The summed E-state index contributed by atoms with van der Waals surface area (Å²) in [4.78, 5) is 42.4. The van der Waals surface area contributed by atoms with Crippen LogP contribution in [0.25, 0.3) is 0 Å². The van der Waals surface area contributed by atoms with Crippen molar-refractivity contribution in [1.29, 1.82) is 0 Å². The molecule has 0 atom stereocenters. The van der Waals surface area contributed by atoms with Crippen molar-refractivity contribution in [2.24, 2.45) is 11.8 Å². The van der Waals surface area contributed by atoms with Gasteiger partial charge in [0.25, 0.3) is 12.9 Å². The van der Waals surface area contributed by atoms with Crippen molar-refractivity contribution >= 4 is 28.8 Å². The second-order valence-electron chi connectivity index (χ2n) is 10.1. The maximum Gasteiger partial charge on any atom is 0.434 e. The standard InChI is InChI=1S/C26H24F10N2O5S/c1-8(2)6-10-13(23(41)43-5)16(21(29)30)37-18(25(31,32)33)14(10)24(42)44-17-11(7-9(3)4)12(22(39)40)15(20(27)28)38-19(17)26(34,35)36/h8-9,20-21H,6-7H2,1-5H3,(H,39,40). The van der Waals surface area contributed by atoms with E-state index in [0.29, 0.717) is 7.11 Å². The van der Waals surface area contributed by atoms with Crippen LogP contribution in [0.4, 0.5) is 43.9 Å². The Bertz CT molecular complexity index is 1440. The average Bonchev–Trinajstić information content (AvgIpc) is 2.85. The number of aromatic carboxylic acids is 1. The quantitative estimate of drug-likeness (QED) is 0.154. The lowest BCUT2D eigenvalue weighted by Crippen LogP contribution is -2.25. The number of carbonyl (C=O) groups excluding carboxylic acids is 2. The molecule has 0 aliphatic rings. The zero-order chi connectivity index (χ0) is 34.1. The molecule has 0 radical (unpaired) electrons. The zero-order valence-electron chi connectivity index (χ0n) is 23.4. The minimum absolute atomic E-state index is 0.625. The Morgan fingerprint density at radius 3 is 1.57 bits per heavy atom. The lowest BCUT2D eigenvalue weighted by molar-refractivity contribution is -0.144. The molecule has 18 heteroatoms. The van der Waals surface area contributed by atoms with Crippen molar-refractivity contribution in [3.8, 4) is 0 Å². The molecule has 7 nitrogen and oxygen atoms in total.